The van der Waals surface area contributed by atoms with Crippen molar-refractivity contribution in [3.63, 3.8) is 0 Å². The number of fused-ring (bicyclic) bond motifs is 1. The molecule has 0 aliphatic rings. The number of ether oxygens (including phenoxy) is 1. The van der Waals surface area contributed by atoms with E-state index in [4.69, 9.17) is 26.3 Å². The van der Waals surface area contributed by atoms with Crippen molar-refractivity contribution in [3.8, 4) is 22.8 Å². The van der Waals surface area contributed by atoms with Crippen LogP contribution in [0.3, 0.4) is 0 Å². The number of rotatable bonds is 10. The Bertz CT molecular complexity index is 2230. The highest BCUT2D eigenvalue weighted by Crippen LogP contribution is 2.34. The van der Waals surface area contributed by atoms with E-state index < -0.39 is 6.04 Å². The number of para-hydroxylation sites is 1. The van der Waals surface area contributed by atoms with Crippen LogP contribution in [0.15, 0.2) is 95.8 Å². The van der Waals surface area contributed by atoms with Gasteiger partial charge in [-0.3, -0.25) is 14.2 Å². The number of hydrogen-bond donors (Lipinski definition) is 2. The van der Waals surface area contributed by atoms with Gasteiger partial charge in [-0.1, -0.05) is 71.8 Å². The minimum Gasteiger partial charge on any atom is -0.497 e. The molecule has 1 atom stereocenters. The van der Waals surface area contributed by atoms with E-state index >= 15 is 0 Å². The molecule has 1 unspecified atom stereocenters. The first-order valence-corrected chi connectivity index (χ1v) is 16.5. The lowest BCUT2D eigenvalue weighted by molar-refractivity contribution is 0.101. The number of halogens is 1. The van der Waals surface area contributed by atoms with Crippen LogP contribution in [0.2, 0.25) is 5.02 Å². The molecule has 2 N–H and O–H groups in total. The van der Waals surface area contributed by atoms with Crippen molar-refractivity contribution in [2.75, 3.05) is 17.7 Å². The topological polar surface area (TPSA) is 98.1 Å². The number of carbonyl (C=O) groups excluding carboxylic acids is 1. The molecule has 2 aromatic heterocycles. The Hall–Kier alpha value is -5.47. The molecule has 6 rings (SSSR count). The van der Waals surface area contributed by atoms with Crippen LogP contribution in [-0.2, 0) is 6.54 Å². The lowest BCUT2D eigenvalue weighted by atomic mass is 9.99. The summed E-state index contributed by atoms with van der Waals surface area (Å²) in [5.74, 6) is 1.81. The van der Waals surface area contributed by atoms with Crippen LogP contribution < -0.4 is 20.9 Å². The van der Waals surface area contributed by atoms with Crippen molar-refractivity contribution >= 4 is 39.8 Å². The van der Waals surface area contributed by atoms with Crippen molar-refractivity contribution in [3.05, 3.63) is 140 Å². The van der Waals surface area contributed by atoms with Crippen molar-refractivity contribution in [2.24, 2.45) is 0 Å². The van der Waals surface area contributed by atoms with Crippen LogP contribution in [0.4, 0.5) is 11.6 Å². The van der Waals surface area contributed by atoms with Gasteiger partial charge in [-0.05, 0) is 93.1 Å². The summed E-state index contributed by atoms with van der Waals surface area (Å²) in [6.45, 7) is 10.0. The van der Waals surface area contributed by atoms with Crippen molar-refractivity contribution in [2.45, 2.75) is 47.2 Å². The molecule has 4 aromatic carbocycles. The Morgan fingerprint density at radius 1 is 0.898 bits per heavy atom. The van der Waals surface area contributed by atoms with E-state index in [2.05, 4.69) is 29.7 Å². The van der Waals surface area contributed by atoms with E-state index in [9.17, 15) is 9.59 Å². The molecular weight excluding hydrogens is 634 g/mol. The lowest BCUT2D eigenvalue weighted by Gasteiger charge is -2.24. The third-order valence-electron chi connectivity index (χ3n) is 8.62. The average Bonchev–Trinajstić information content (AvgIpc) is 3.07. The summed E-state index contributed by atoms with van der Waals surface area (Å²) in [6, 6.07) is 28.3. The van der Waals surface area contributed by atoms with Crippen LogP contribution in [0, 0.1) is 20.8 Å². The van der Waals surface area contributed by atoms with E-state index in [1.54, 1.807) is 17.7 Å². The second kappa shape index (κ2) is 13.9. The molecule has 0 saturated heterocycles. The molecule has 0 bridgehead atoms. The Kier molecular flexibility index (Phi) is 9.51. The molecule has 9 heteroatoms. The fraction of sp³-hybridized carbons (Fsp3) is 0.200. The lowest BCUT2D eigenvalue weighted by Crippen LogP contribution is -2.26. The van der Waals surface area contributed by atoms with E-state index in [-0.39, 0.29) is 11.3 Å². The number of pyridine rings is 1. The molecule has 0 aliphatic carbocycles. The molecule has 2 heterocycles. The molecular formula is C40H38ClN5O3. The summed E-state index contributed by atoms with van der Waals surface area (Å²) in [5.41, 5.74) is 6.53. The van der Waals surface area contributed by atoms with E-state index in [1.807, 2.05) is 93.6 Å². The number of anilines is 2. The fourth-order valence-corrected chi connectivity index (χ4v) is 6.64. The number of carbonyl (C=O) groups is 1. The van der Waals surface area contributed by atoms with Crippen molar-refractivity contribution in [1.82, 2.24) is 14.5 Å². The minimum atomic E-state index is -0.480. The predicted octanol–water partition coefficient (Wildman–Crippen LogP) is 9.02. The third-order valence-corrected chi connectivity index (χ3v) is 8.93. The summed E-state index contributed by atoms with van der Waals surface area (Å²) < 4.78 is 6.98. The second-order valence-electron chi connectivity index (χ2n) is 12.3. The number of methoxy groups -OCH3 is 1. The highest BCUT2D eigenvalue weighted by molar-refractivity contribution is 6.35. The average molecular weight is 672 g/mol. The fourth-order valence-electron chi connectivity index (χ4n) is 6.38. The largest absolute Gasteiger partial charge is 0.497 e. The predicted molar refractivity (Wildman–Crippen MR) is 199 cm³/mol. The van der Waals surface area contributed by atoms with Gasteiger partial charge in [-0.2, -0.15) is 0 Å². The van der Waals surface area contributed by atoms with Gasteiger partial charge >= 0.3 is 0 Å². The van der Waals surface area contributed by atoms with Crippen LogP contribution in [0.25, 0.3) is 27.8 Å². The Morgan fingerprint density at radius 2 is 1.57 bits per heavy atom. The Labute approximate surface area is 290 Å². The van der Waals surface area contributed by atoms with Crippen LogP contribution in [0.1, 0.15) is 58.2 Å². The summed E-state index contributed by atoms with van der Waals surface area (Å²) in [4.78, 5) is 37.5. The summed E-state index contributed by atoms with van der Waals surface area (Å²) in [7, 11) is 1.63. The second-order valence-corrected chi connectivity index (χ2v) is 12.7. The molecule has 0 radical (unpaired) electrons. The SMILES string of the molecule is COc1ccc(CNc2nc(-c3c(C)cc(C)cc3C)nc(NC(C)c3cc4cccc(Cl)c4c(=O)n3-c3ccccc3)c2C(C)=O)cc1. The first-order valence-electron chi connectivity index (χ1n) is 16.1. The van der Waals surface area contributed by atoms with Crippen molar-refractivity contribution in [1.29, 1.82) is 0 Å². The molecule has 8 nitrogen and oxygen atoms in total. The third kappa shape index (κ3) is 6.78. The summed E-state index contributed by atoms with van der Waals surface area (Å²) in [5, 5.41) is 8.48. The number of Topliss-reactive ketones (excluding diaryl/α,β-unsaturated/α-hetero) is 1. The molecule has 0 fully saturated rings. The Morgan fingerprint density at radius 3 is 2.22 bits per heavy atom. The molecule has 248 valence electrons. The number of aromatic nitrogens is 3. The zero-order chi connectivity index (χ0) is 34.8. The molecule has 0 spiro atoms. The zero-order valence-electron chi connectivity index (χ0n) is 28.4. The van der Waals surface area contributed by atoms with Gasteiger partial charge in [0.2, 0.25) is 0 Å². The highest BCUT2D eigenvalue weighted by atomic mass is 35.5. The maximum absolute atomic E-state index is 14.1. The Balaban J connectivity index is 1.52. The molecule has 49 heavy (non-hydrogen) atoms. The van der Waals surface area contributed by atoms with Crippen molar-refractivity contribution < 1.29 is 9.53 Å². The van der Waals surface area contributed by atoms with Gasteiger partial charge in [0, 0.05) is 23.5 Å². The van der Waals surface area contributed by atoms with E-state index in [1.165, 1.54) is 6.92 Å². The first kappa shape index (κ1) is 33.4. The zero-order valence-corrected chi connectivity index (χ0v) is 29.1. The minimum absolute atomic E-state index is 0.207. The van der Waals surface area contributed by atoms with Crippen LogP contribution in [0.5, 0.6) is 5.75 Å². The molecule has 0 saturated carbocycles. The highest BCUT2D eigenvalue weighted by Gasteiger charge is 2.24. The van der Waals surface area contributed by atoms with Gasteiger partial charge in [0.25, 0.3) is 5.56 Å². The van der Waals surface area contributed by atoms with Crippen LogP contribution >= 0.6 is 11.6 Å². The first-order chi connectivity index (χ1) is 23.5. The number of nitrogens with zero attached hydrogens (tertiary/aromatic N) is 3. The van der Waals surface area contributed by atoms with Gasteiger partial charge in [0.1, 0.15) is 22.9 Å². The van der Waals surface area contributed by atoms with E-state index in [0.29, 0.717) is 51.4 Å². The monoisotopic (exact) mass is 671 g/mol. The maximum Gasteiger partial charge on any atom is 0.264 e. The van der Waals surface area contributed by atoms with Gasteiger partial charge in [0.15, 0.2) is 11.6 Å². The number of nitrogens with one attached hydrogen (secondary N) is 2. The number of hydrogen-bond acceptors (Lipinski definition) is 7. The number of benzene rings is 4. The number of aryl methyl sites for hydroxylation is 3. The normalized spacial score (nSPS) is 11.7. The summed E-state index contributed by atoms with van der Waals surface area (Å²) >= 11 is 6.56. The maximum atomic E-state index is 14.1. The van der Waals surface area contributed by atoms with Crippen LogP contribution in [-0.4, -0.2) is 27.4 Å². The molecule has 6 aromatic rings. The molecule has 0 amide bonds. The standard InChI is InChI=1S/C40H38ClN5O3/c1-23-19-24(2)34(25(3)20-23)38-44-37(42-22-28-15-17-31(49-6)18-16-28)35(27(5)47)39(45-38)43-26(4)33-21-29-11-10-14-32(41)36(29)40(48)46(33)30-12-8-7-9-13-30/h7-21,26H,22H2,1-6H3,(H2,42,43,44,45). The van der Waals surface area contributed by atoms with Gasteiger partial charge in [0.05, 0.1) is 23.6 Å². The summed E-state index contributed by atoms with van der Waals surface area (Å²) in [6.07, 6.45) is 0. The van der Waals surface area contributed by atoms with Gasteiger partial charge in [-0.15, -0.1) is 0 Å². The van der Waals surface area contributed by atoms with Gasteiger partial charge in [-0.25, -0.2) is 9.97 Å². The van der Waals surface area contributed by atoms with Gasteiger partial charge < -0.3 is 15.4 Å². The van der Waals surface area contributed by atoms with E-state index in [0.717, 1.165) is 39.0 Å². The smallest absolute Gasteiger partial charge is 0.264 e. The quantitative estimate of drug-likeness (QED) is 0.140. The number of ketones is 1. The molecule has 0 aliphatic heterocycles.